The number of fused-ring (bicyclic) bond motifs is 2. The molecule has 2 aromatic carbocycles. The maximum absolute atomic E-state index is 14.4. The van der Waals surface area contributed by atoms with E-state index in [2.05, 4.69) is 30.8 Å². The van der Waals surface area contributed by atoms with Crippen LogP contribution in [-0.2, 0) is 0 Å². The van der Waals surface area contributed by atoms with E-state index in [1.165, 1.54) is 31.8 Å². The van der Waals surface area contributed by atoms with E-state index >= 15 is 0 Å². The topological polar surface area (TPSA) is 74.3 Å². The zero-order valence-corrected chi connectivity index (χ0v) is 20.0. The van der Waals surface area contributed by atoms with Crippen LogP contribution >= 0.6 is 11.6 Å². The van der Waals surface area contributed by atoms with Gasteiger partial charge in [0.1, 0.15) is 17.9 Å². The van der Waals surface area contributed by atoms with E-state index in [9.17, 15) is 4.39 Å². The molecule has 0 spiro atoms. The number of piperidine rings is 1. The molecule has 2 saturated heterocycles. The van der Waals surface area contributed by atoms with E-state index in [0.717, 1.165) is 54.3 Å². The molecule has 0 radical (unpaired) electrons. The molecule has 0 bridgehead atoms. The van der Waals surface area contributed by atoms with Crippen LogP contribution in [0.1, 0.15) is 19.3 Å². The van der Waals surface area contributed by atoms with E-state index in [0.29, 0.717) is 18.5 Å². The third-order valence-electron chi connectivity index (χ3n) is 6.88. The molecule has 3 N–H and O–H groups in total. The molecule has 3 aromatic rings. The average molecular weight is 485 g/mol. The maximum atomic E-state index is 14.4. The van der Waals surface area contributed by atoms with Gasteiger partial charge in [0.05, 0.1) is 28.5 Å². The number of aromatic nitrogens is 2. The van der Waals surface area contributed by atoms with Crippen molar-refractivity contribution >= 4 is 39.7 Å². The summed E-state index contributed by atoms with van der Waals surface area (Å²) >= 11 is 5.94. The third-order valence-corrected chi connectivity index (χ3v) is 7.17. The molecule has 3 heterocycles. The van der Waals surface area contributed by atoms with Crippen LogP contribution in [0, 0.1) is 11.7 Å². The van der Waals surface area contributed by atoms with Crippen molar-refractivity contribution in [3.63, 3.8) is 0 Å². The number of nitrogens with one attached hydrogen (secondary N) is 3. The fraction of sp³-hybridized carbons (Fsp3) is 0.440. The van der Waals surface area contributed by atoms with Crippen LogP contribution in [-0.4, -0.2) is 60.7 Å². The third kappa shape index (κ3) is 4.76. The van der Waals surface area contributed by atoms with Crippen LogP contribution in [0.5, 0.6) is 5.75 Å². The summed E-state index contributed by atoms with van der Waals surface area (Å²) in [6.45, 7) is 5.12. The van der Waals surface area contributed by atoms with Gasteiger partial charge in [0, 0.05) is 25.0 Å². The molecule has 34 heavy (non-hydrogen) atoms. The Hall–Kier alpha value is -2.68. The van der Waals surface area contributed by atoms with Crippen molar-refractivity contribution < 1.29 is 9.13 Å². The van der Waals surface area contributed by atoms with Crippen molar-refractivity contribution in [2.24, 2.45) is 5.92 Å². The van der Waals surface area contributed by atoms with Crippen molar-refractivity contribution in [2.45, 2.75) is 25.3 Å². The monoisotopic (exact) mass is 484 g/mol. The Labute approximate surface area is 204 Å². The first-order chi connectivity index (χ1) is 16.6. The van der Waals surface area contributed by atoms with Gasteiger partial charge in [0.25, 0.3) is 0 Å². The van der Waals surface area contributed by atoms with Crippen LogP contribution in [0.15, 0.2) is 36.7 Å². The molecule has 2 aliphatic rings. The number of likely N-dealkylation sites (tertiary alicyclic amines) is 1. The SMILES string of the molecule is CNc1cc2ncnc(Nc3cccc(Cl)c3F)c2cc1OCCCN1CCC2CNCCC21. The Morgan fingerprint density at radius 3 is 3.03 bits per heavy atom. The predicted octanol–water partition coefficient (Wildman–Crippen LogP) is 4.66. The Morgan fingerprint density at radius 1 is 1.24 bits per heavy atom. The van der Waals surface area contributed by atoms with Gasteiger partial charge in [0.2, 0.25) is 0 Å². The highest BCUT2D eigenvalue weighted by molar-refractivity contribution is 6.31. The summed E-state index contributed by atoms with van der Waals surface area (Å²) in [5.41, 5.74) is 1.84. The lowest BCUT2D eigenvalue weighted by molar-refractivity contribution is 0.177. The van der Waals surface area contributed by atoms with E-state index in [-0.39, 0.29) is 10.7 Å². The molecule has 2 fully saturated rings. The quantitative estimate of drug-likeness (QED) is 0.401. The predicted molar refractivity (Wildman–Crippen MR) is 135 cm³/mol. The molecular formula is C25H30ClFN6O. The molecule has 2 unspecified atom stereocenters. The zero-order chi connectivity index (χ0) is 23.5. The highest BCUT2D eigenvalue weighted by atomic mass is 35.5. The first kappa shape index (κ1) is 23.1. The van der Waals surface area contributed by atoms with Crippen LogP contribution in [0.3, 0.4) is 0 Å². The van der Waals surface area contributed by atoms with Gasteiger partial charge in [-0.3, -0.25) is 4.90 Å². The lowest BCUT2D eigenvalue weighted by atomic mass is 9.94. The minimum atomic E-state index is -0.517. The van der Waals surface area contributed by atoms with Gasteiger partial charge in [-0.15, -0.1) is 0 Å². The lowest BCUT2D eigenvalue weighted by Crippen LogP contribution is -2.44. The largest absolute Gasteiger partial charge is 0.491 e. The second-order valence-corrected chi connectivity index (χ2v) is 9.32. The Balaban J connectivity index is 1.30. The van der Waals surface area contributed by atoms with Gasteiger partial charge in [0.15, 0.2) is 5.82 Å². The van der Waals surface area contributed by atoms with Gasteiger partial charge < -0.3 is 20.7 Å². The minimum absolute atomic E-state index is 0.0543. The Kier molecular flexibility index (Phi) is 6.99. The van der Waals surface area contributed by atoms with Crippen molar-refractivity contribution in [3.05, 3.63) is 47.5 Å². The van der Waals surface area contributed by atoms with Gasteiger partial charge in [-0.2, -0.15) is 0 Å². The highest BCUT2D eigenvalue weighted by Gasteiger charge is 2.35. The van der Waals surface area contributed by atoms with Crippen molar-refractivity contribution in [1.29, 1.82) is 0 Å². The standard InChI is InChI=1S/C25H30ClFN6O/c1-28-21-13-20-17(25(31-15-30-20)32-19-5-2-4-18(26)24(19)27)12-23(21)34-11-3-9-33-10-7-16-14-29-8-6-22(16)33/h2,4-5,12-13,15-16,22,28-29H,3,6-11,14H2,1H3,(H,30,31,32). The Morgan fingerprint density at radius 2 is 2.15 bits per heavy atom. The fourth-order valence-electron chi connectivity index (χ4n) is 5.13. The molecule has 0 amide bonds. The van der Waals surface area contributed by atoms with Crippen LogP contribution in [0.4, 0.5) is 21.6 Å². The van der Waals surface area contributed by atoms with Gasteiger partial charge in [-0.1, -0.05) is 17.7 Å². The maximum Gasteiger partial charge on any atom is 0.165 e. The molecule has 0 saturated carbocycles. The van der Waals surface area contributed by atoms with E-state index in [4.69, 9.17) is 16.3 Å². The van der Waals surface area contributed by atoms with E-state index in [1.54, 1.807) is 12.1 Å². The molecule has 2 atom stereocenters. The number of halogens is 2. The van der Waals surface area contributed by atoms with Crippen molar-refractivity contribution in [3.8, 4) is 5.75 Å². The minimum Gasteiger partial charge on any atom is -0.491 e. The fourth-order valence-corrected chi connectivity index (χ4v) is 5.31. The molecule has 180 valence electrons. The molecule has 5 rings (SSSR count). The van der Waals surface area contributed by atoms with Gasteiger partial charge >= 0.3 is 0 Å². The highest BCUT2D eigenvalue weighted by Crippen LogP contribution is 2.34. The number of benzene rings is 2. The van der Waals surface area contributed by atoms with Gasteiger partial charge in [-0.05, 0) is 69.1 Å². The smallest absolute Gasteiger partial charge is 0.165 e. The second kappa shape index (κ2) is 10.3. The lowest BCUT2D eigenvalue weighted by Gasteiger charge is -2.32. The number of rotatable bonds is 8. The summed E-state index contributed by atoms with van der Waals surface area (Å²) in [4.78, 5) is 11.3. The van der Waals surface area contributed by atoms with Crippen LogP contribution in [0.25, 0.3) is 10.9 Å². The van der Waals surface area contributed by atoms with Crippen molar-refractivity contribution in [1.82, 2.24) is 20.2 Å². The van der Waals surface area contributed by atoms with E-state index in [1.807, 2.05) is 19.2 Å². The summed E-state index contributed by atoms with van der Waals surface area (Å²) in [6, 6.07) is 9.37. The van der Waals surface area contributed by atoms with E-state index < -0.39 is 5.82 Å². The number of nitrogens with zero attached hydrogens (tertiary/aromatic N) is 3. The average Bonchev–Trinajstić information content (AvgIpc) is 3.27. The summed E-state index contributed by atoms with van der Waals surface area (Å²) < 4.78 is 20.6. The molecular weight excluding hydrogens is 455 g/mol. The zero-order valence-electron chi connectivity index (χ0n) is 19.3. The number of hydrogen-bond acceptors (Lipinski definition) is 7. The van der Waals surface area contributed by atoms with Gasteiger partial charge in [-0.25, -0.2) is 14.4 Å². The summed E-state index contributed by atoms with van der Waals surface area (Å²) in [7, 11) is 1.86. The second-order valence-electron chi connectivity index (χ2n) is 8.91. The number of hydrogen-bond donors (Lipinski definition) is 3. The first-order valence-electron chi connectivity index (χ1n) is 11.9. The summed E-state index contributed by atoms with van der Waals surface area (Å²) in [5, 5.41) is 10.6. The molecule has 7 nitrogen and oxygen atoms in total. The number of ether oxygens (including phenoxy) is 1. The molecule has 0 aliphatic carbocycles. The Bertz CT molecular complexity index is 1160. The molecule has 2 aliphatic heterocycles. The summed E-state index contributed by atoms with van der Waals surface area (Å²) in [6.07, 6.45) is 4.94. The first-order valence-corrected chi connectivity index (χ1v) is 12.3. The van der Waals surface area contributed by atoms with Crippen LogP contribution in [0.2, 0.25) is 5.02 Å². The summed E-state index contributed by atoms with van der Waals surface area (Å²) in [5.74, 6) is 1.49. The number of anilines is 3. The van der Waals surface area contributed by atoms with Crippen molar-refractivity contribution in [2.75, 3.05) is 50.5 Å². The normalized spacial score (nSPS) is 20.3. The van der Waals surface area contributed by atoms with Crippen LogP contribution < -0.4 is 20.7 Å². The molecule has 1 aromatic heterocycles. The molecule has 9 heteroatoms.